The maximum atomic E-state index is 12.2. The van der Waals surface area contributed by atoms with Gasteiger partial charge in [-0.1, -0.05) is 0 Å². The molecule has 4 aromatic rings. The Labute approximate surface area is 234 Å². The second kappa shape index (κ2) is 11.7. The lowest BCUT2D eigenvalue weighted by Crippen LogP contribution is -2.05. The number of nitro groups is 2. The van der Waals surface area contributed by atoms with Crippen LogP contribution in [0.5, 0.6) is 11.5 Å². The summed E-state index contributed by atoms with van der Waals surface area (Å²) in [6.07, 6.45) is -0.0687. The molecule has 208 valence electrons. The smallest absolute Gasteiger partial charge is 0.278 e. The van der Waals surface area contributed by atoms with Gasteiger partial charge in [-0.3, -0.25) is 20.2 Å². The maximum absolute atomic E-state index is 12.2. The summed E-state index contributed by atoms with van der Waals surface area (Å²) < 4.78 is 0. The summed E-state index contributed by atoms with van der Waals surface area (Å²) in [5, 5.41) is 60.0. The number of aryl methyl sites for hydroxylation is 2. The van der Waals surface area contributed by atoms with Gasteiger partial charge < -0.3 is 10.2 Å². The van der Waals surface area contributed by atoms with Crippen LogP contribution in [0.25, 0.3) is 0 Å². The molecule has 12 heteroatoms. The number of aromatic hydroxyl groups is 2. The van der Waals surface area contributed by atoms with Crippen LogP contribution in [-0.4, -0.2) is 20.1 Å². The summed E-state index contributed by atoms with van der Waals surface area (Å²) in [6, 6.07) is 15.3. The van der Waals surface area contributed by atoms with Gasteiger partial charge in [0.25, 0.3) is 11.4 Å². The number of rotatable bonds is 8. The number of nitro benzene ring substituents is 2. The van der Waals surface area contributed by atoms with Crippen LogP contribution in [-0.2, 0) is 6.42 Å². The van der Waals surface area contributed by atoms with Crippen molar-refractivity contribution in [2.45, 2.75) is 34.1 Å². The van der Waals surface area contributed by atoms with Gasteiger partial charge in [-0.05, 0) is 99.5 Å². The second-order valence-corrected chi connectivity index (χ2v) is 9.47. The standard InChI is InChI=1S/C29H26N6O6/c1-16-13-20(28(34(38)39)18(3)26(16)32-30-22-5-9-24(36)10-6-22)15-21-14-17(2)27(19(4)29(21)35(40)41)33-31-23-7-11-25(37)12-8-23/h5-14,36-37H,15H2,1-4H3. The highest BCUT2D eigenvalue weighted by molar-refractivity contribution is 5.69. The van der Waals surface area contributed by atoms with Gasteiger partial charge in [0, 0.05) is 17.5 Å². The largest absolute Gasteiger partial charge is 0.508 e. The lowest BCUT2D eigenvalue weighted by molar-refractivity contribution is -0.387. The summed E-state index contributed by atoms with van der Waals surface area (Å²) in [5.41, 5.74) is 3.54. The Hall–Kier alpha value is -5.52. The first-order valence-electron chi connectivity index (χ1n) is 12.4. The third kappa shape index (κ3) is 6.22. The fraction of sp³-hybridized carbons (Fsp3) is 0.172. The topological polar surface area (TPSA) is 176 Å². The molecule has 0 radical (unpaired) electrons. The molecule has 0 fully saturated rings. The second-order valence-electron chi connectivity index (χ2n) is 9.47. The SMILES string of the molecule is Cc1cc(Cc2cc(C)c(N=Nc3ccc(O)cc3)c(C)c2[N+](=O)[O-])c([N+](=O)[O-])c(C)c1N=Nc1ccc(O)cc1. The minimum atomic E-state index is -0.518. The van der Waals surface area contributed by atoms with Gasteiger partial charge in [-0.25, -0.2) is 0 Å². The van der Waals surface area contributed by atoms with E-state index in [4.69, 9.17) is 0 Å². The Bertz CT molecular complexity index is 1590. The summed E-state index contributed by atoms with van der Waals surface area (Å²) in [5.74, 6) is 0.147. The van der Waals surface area contributed by atoms with E-state index < -0.39 is 9.85 Å². The average molecular weight is 555 g/mol. The summed E-state index contributed by atoms with van der Waals surface area (Å²) in [6.45, 7) is 6.61. The Balaban J connectivity index is 1.76. The van der Waals surface area contributed by atoms with Crippen LogP contribution in [0.1, 0.15) is 33.4 Å². The van der Waals surface area contributed by atoms with Crippen molar-refractivity contribution in [1.82, 2.24) is 0 Å². The highest BCUT2D eigenvalue weighted by Gasteiger charge is 2.27. The molecule has 0 spiro atoms. The molecule has 0 amide bonds. The molecule has 0 atom stereocenters. The minimum absolute atomic E-state index is 0.0687. The third-order valence-corrected chi connectivity index (χ3v) is 6.53. The number of benzene rings is 4. The van der Waals surface area contributed by atoms with Crippen molar-refractivity contribution >= 4 is 34.1 Å². The third-order valence-electron chi connectivity index (χ3n) is 6.53. The quantitative estimate of drug-likeness (QED) is 0.125. The van der Waals surface area contributed by atoms with Crippen LogP contribution < -0.4 is 0 Å². The molecule has 41 heavy (non-hydrogen) atoms. The van der Waals surface area contributed by atoms with Crippen molar-refractivity contribution in [2.24, 2.45) is 20.5 Å². The molecule has 0 saturated carbocycles. The van der Waals surface area contributed by atoms with Crippen LogP contribution in [0.3, 0.4) is 0 Å². The van der Waals surface area contributed by atoms with Crippen molar-refractivity contribution in [3.8, 4) is 11.5 Å². The number of nitrogens with zero attached hydrogens (tertiary/aromatic N) is 6. The minimum Gasteiger partial charge on any atom is -0.508 e. The van der Waals surface area contributed by atoms with E-state index in [2.05, 4.69) is 20.5 Å². The number of azo groups is 2. The summed E-state index contributed by atoms with van der Waals surface area (Å²) in [4.78, 5) is 23.3. The molecule has 0 aromatic heterocycles. The molecular formula is C29H26N6O6. The molecule has 12 nitrogen and oxygen atoms in total. The molecule has 0 bridgehead atoms. The molecule has 0 saturated heterocycles. The summed E-state index contributed by atoms with van der Waals surface area (Å²) in [7, 11) is 0. The van der Waals surface area contributed by atoms with Crippen LogP contribution in [0.2, 0.25) is 0 Å². The van der Waals surface area contributed by atoms with Gasteiger partial charge in [0.1, 0.15) is 11.5 Å². The molecule has 0 aliphatic rings. The Morgan fingerprint density at radius 1 is 0.610 bits per heavy atom. The number of phenolic OH excluding ortho intramolecular Hbond substituents is 2. The van der Waals surface area contributed by atoms with E-state index in [0.29, 0.717) is 45.0 Å². The van der Waals surface area contributed by atoms with E-state index in [1.165, 1.54) is 24.3 Å². The van der Waals surface area contributed by atoms with Crippen LogP contribution in [0, 0.1) is 47.9 Å². The zero-order valence-corrected chi connectivity index (χ0v) is 22.7. The summed E-state index contributed by atoms with van der Waals surface area (Å²) >= 11 is 0. The van der Waals surface area contributed by atoms with Crippen molar-refractivity contribution in [3.63, 3.8) is 0 Å². The van der Waals surface area contributed by atoms with Gasteiger partial charge in [-0.15, -0.1) is 10.2 Å². The predicted molar refractivity (Wildman–Crippen MR) is 153 cm³/mol. The van der Waals surface area contributed by atoms with Gasteiger partial charge >= 0.3 is 0 Å². The van der Waals surface area contributed by atoms with E-state index >= 15 is 0 Å². The van der Waals surface area contributed by atoms with Gasteiger partial charge in [0.15, 0.2) is 0 Å². The average Bonchev–Trinajstić information content (AvgIpc) is 2.89. The fourth-order valence-electron chi connectivity index (χ4n) is 4.64. The molecule has 2 N–H and O–H groups in total. The Morgan fingerprint density at radius 3 is 1.27 bits per heavy atom. The Kier molecular flexibility index (Phi) is 8.13. The van der Waals surface area contributed by atoms with Gasteiger partial charge in [0.2, 0.25) is 0 Å². The van der Waals surface area contributed by atoms with E-state index in [1.54, 1.807) is 64.1 Å². The van der Waals surface area contributed by atoms with Crippen LogP contribution in [0.4, 0.5) is 34.1 Å². The molecule has 0 unspecified atom stereocenters. The fourth-order valence-corrected chi connectivity index (χ4v) is 4.64. The first-order chi connectivity index (χ1) is 19.5. The first kappa shape index (κ1) is 28.5. The van der Waals surface area contributed by atoms with Crippen molar-refractivity contribution in [2.75, 3.05) is 0 Å². The van der Waals surface area contributed by atoms with Gasteiger partial charge in [0.05, 0.1) is 43.7 Å². The molecular weight excluding hydrogens is 528 g/mol. The van der Waals surface area contributed by atoms with E-state index in [0.717, 1.165) is 0 Å². The van der Waals surface area contributed by atoms with Crippen LogP contribution >= 0.6 is 0 Å². The lowest BCUT2D eigenvalue weighted by Gasteiger charge is -2.13. The maximum Gasteiger partial charge on any atom is 0.278 e. The molecule has 4 aromatic carbocycles. The Morgan fingerprint density at radius 2 is 0.951 bits per heavy atom. The molecule has 0 aliphatic carbocycles. The normalized spacial score (nSPS) is 11.4. The predicted octanol–water partition coefficient (Wildman–Crippen LogP) is 8.57. The van der Waals surface area contributed by atoms with Crippen molar-refractivity contribution < 1.29 is 20.1 Å². The van der Waals surface area contributed by atoms with E-state index in [9.17, 15) is 30.4 Å². The van der Waals surface area contributed by atoms with Crippen LogP contribution in [0.15, 0.2) is 81.1 Å². The zero-order valence-electron chi connectivity index (χ0n) is 22.7. The molecule has 0 heterocycles. The van der Waals surface area contributed by atoms with E-state index in [1.807, 2.05) is 0 Å². The lowest BCUT2D eigenvalue weighted by atomic mass is 9.93. The zero-order chi connectivity index (χ0) is 29.8. The highest BCUT2D eigenvalue weighted by Crippen LogP contribution is 2.41. The number of hydrogen-bond donors (Lipinski definition) is 2. The van der Waals surface area contributed by atoms with Gasteiger partial charge in [-0.2, -0.15) is 10.2 Å². The van der Waals surface area contributed by atoms with E-state index in [-0.39, 0.29) is 40.4 Å². The number of hydrogen-bond acceptors (Lipinski definition) is 10. The number of phenols is 2. The molecule has 0 aliphatic heterocycles. The molecule has 4 rings (SSSR count). The first-order valence-corrected chi connectivity index (χ1v) is 12.4. The highest BCUT2D eigenvalue weighted by atomic mass is 16.6. The monoisotopic (exact) mass is 554 g/mol. The van der Waals surface area contributed by atoms with Crippen molar-refractivity contribution in [1.29, 1.82) is 0 Å². The van der Waals surface area contributed by atoms with Crippen molar-refractivity contribution in [3.05, 3.63) is 114 Å².